The molecule has 5 heteroatoms. The summed E-state index contributed by atoms with van der Waals surface area (Å²) in [5.74, 6) is 2.28. The van der Waals surface area contributed by atoms with Crippen molar-refractivity contribution in [1.29, 1.82) is 0 Å². The third-order valence-electron chi connectivity index (χ3n) is 10.7. The highest BCUT2D eigenvalue weighted by Crippen LogP contribution is 2.22. The van der Waals surface area contributed by atoms with Gasteiger partial charge in [-0.15, -0.1) is 0 Å². The smallest absolute Gasteiger partial charge is 0.306 e. The standard InChI is InChI=1S/C46H90O4S/c1-5-9-13-17-20-22-23-25-28-32-36-44(35-31-27-24-21-18-14-10-6-2)42-50-46(48)38-40-51-39-37-45(47)49-41-43(33-29-16-12-8-4)34-30-26-19-15-11-7-3/h43-44H,5-42H2,1-4H3. The Morgan fingerprint density at radius 3 is 0.882 bits per heavy atom. The molecule has 0 spiro atoms. The van der Waals surface area contributed by atoms with Gasteiger partial charge in [0.2, 0.25) is 0 Å². The molecular weight excluding hydrogens is 649 g/mol. The highest BCUT2D eigenvalue weighted by Gasteiger charge is 2.14. The maximum atomic E-state index is 12.6. The molecule has 0 amide bonds. The molecule has 2 atom stereocenters. The number of unbranched alkanes of at least 4 members (excludes halogenated alkanes) is 24. The van der Waals surface area contributed by atoms with Crippen LogP contribution in [0, 0.1) is 11.8 Å². The van der Waals surface area contributed by atoms with Crippen molar-refractivity contribution in [3.63, 3.8) is 0 Å². The molecule has 304 valence electrons. The van der Waals surface area contributed by atoms with Gasteiger partial charge in [0.1, 0.15) is 0 Å². The van der Waals surface area contributed by atoms with Crippen LogP contribution in [0.3, 0.4) is 0 Å². The Balaban J connectivity index is 4.30. The van der Waals surface area contributed by atoms with Gasteiger partial charge in [-0.3, -0.25) is 9.59 Å². The normalized spacial score (nSPS) is 12.6. The second-order valence-electron chi connectivity index (χ2n) is 15.9. The molecule has 0 fully saturated rings. The topological polar surface area (TPSA) is 52.6 Å². The molecule has 2 unspecified atom stereocenters. The summed E-state index contributed by atoms with van der Waals surface area (Å²) in [4.78, 5) is 25.1. The van der Waals surface area contributed by atoms with E-state index < -0.39 is 0 Å². The monoisotopic (exact) mass is 739 g/mol. The van der Waals surface area contributed by atoms with E-state index in [4.69, 9.17) is 9.47 Å². The van der Waals surface area contributed by atoms with E-state index in [1.807, 2.05) is 0 Å². The van der Waals surface area contributed by atoms with E-state index in [2.05, 4.69) is 27.7 Å². The summed E-state index contributed by atoms with van der Waals surface area (Å²) < 4.78 is 11.6. The number of carbonyl (C=O) groups excluding carboxylic acids is 2. The van der Waals surface area contributed by atoms with Crippen molar-refractivity contribution in [3.05, 3.63) is 0 Å². The van der Waals surface area contributed by atoms with Gasteiger partial charge in [-0.1, -0.05) is 207 Å². The maximum Gasteiger partial charge on any atom is 0.306 e. The molecule has 0 rings (SSSR count). The molecule has 0 heterocycles. The fraction of sp³-hybridized carbons (Fsp3) is 0.957. The third-order valence-corrected chi connectivity index (χ3v) is 11.7. The van der Waals surface area contributed by atoms with Crippen molar-refractivity contribution in [2.45, 2.75) is 246 Å². The van der Waals surface area contributed by atoms with Crippen LogP contribution in [-0.4, -0.2) is 36.7 Å². The van der Waals surface area contributed by atoms with Crippen LogP contribution in [0.15, 0.2) is 0 Å². The van der Waals surface area contributed by atoms with Crippen LogP contribution in [0.1, 0.15) is 246 Å². The van der Waals surface area contributed by atoms with Crippen LogP contribution >= 0.6 is 11.8 Å². The van der Waals surface area contributed by atoms with E-state index in [1.54, 1.807) is 11.8 Å². The van der Waals surface area contributed by atoms with Gasteiger partial charge in [-0.05, 0) is 37.5 Å². The Bertz CT molecular complexity index is 713. The summed E-state index contributed by atoms with van der Waals surface area (Å²) in [6, 6.07) is 0. The fourth-order valence-electron chi connectivity index (χ4n) is 7.16. The van der Waals surface area contributed by atoms with Gasteiger partial charge in [0.05, 0.1) is 26.1 Å². The van der Waals surface area contributed by atoms with Gasteiger partial charge in [0.15, 0.2) is 0 Å². The Morgan fingerprint density at radius 2 is 0.608 bits per heavy atom. The number of rotatable bonds is 42. The summed E-state index contributed by atoms with van der Waals surface area (Å²) in [5.41, 5.74) is 0. The minimum Gasteiger partial charge on any atom is -0.465 e. The first-order valence-electron chi connectivity index (χ1n) is 23.0. The first-order valence-corrected chi connectivity index (χ1v) is 24.1. The van der Waals surface area contributed by atoms with Crippen molar-refractivity contribution in [1.82, 2.24) is 0 Å². The van der Waals surface area contributed by atoms with E-state index in [9.17, 15) is 9.59 Å². The average molecular weight is 739 g/mol. The molecule has 0 aliphatic heterocycles. The Hall–Kier alpha value is -0.710. The quantitative estimate of drug-likeness (QED) is 0.0461. The SMILES string of the molecule is CCCCCCCCCCCCC(CCCCCCCCCC)COC(=O)CCSCCC(=O)OCC(CCCCCC)CCCCCCCC. The van der Waals surface area contributed by atoms with E-state index in [0.29, 0.717) is 49.4 Å². The number of carbonyl (C=O) groups is 2. The lowest BCUT2D eigenvalue weighted by Crippen LogP contribution is -2.16. The van der Waals surface area contributed by atoms with Crippen molar-refractivity contribution in [2.24, 2.45) is 11.8 Å². The molecule has 51 heavy (non-hydrogen) atoms. The van der Waals surface area contributed by atoms with Crippen LogP contribution in [0.25, 0.3) is 0 Å². The fourth-order valence-corrected chi connectivity index (χ4v) is 7.99. The average Bonchev–Trinajstić information content (AvgIpc) is 3.13. The van der Waals surface area contributed by atoms with E-state index in [1.165, 1.54) is 205 Å². The van der Waals surface area contributed by atoms with Crippen LogP contribution < -0.4 is 0 Å². The third kappa shape index (κ3) is 38.8. The number of hydrogen-bond donors (Lipinski definition) is 0. The molecule has 0 aliphatic carbocycles. The highest BCUT2D eigenvalue weighted by atomic mass is 32.2. The largest absolute Gasteiger partial charge is 0.465 e. The zero-order valence-corrected chi connectivity index (χ0v) is 35.9. The number of ether oxygens (including phenoxy) is 2. The van der Waals surface area contributed by atoms with E-state index in [-0.39, 0.29) is 11.9 Å². The van der Waals surface area contributed by atoms with Gasteiger partial charge in [0, 0.05) is 11.5 Å². The first-order chi connectivity index (χ1) is 25.1. The summed E-state index contributed by atoms with van der Waals surface area (Å²) in [6.45, 7) is 10.3. The molecule has 0 N–H and O–H groups in total. The Kier molecular flexibility index (Phi) is 41.5. The van der Waals surface area contributed by atoms with Crippen LogP contribution in [0.2, 0.25) is 0 Å². The predicted molar refractivity (Wildman–Crippen MR) is 226 cm³/mol. The Labute approximate surface area is 324 Å². The van der Waals surface area contributed by atoms with Crippen LogP contribution in [0.4, 0.5) is 0 Å². The molecule has 0 radical (unpaired) electrons. The van der Waals surface area contributed by atoms with Gasteiger partial charge in [-0.2, -0.15) is 11.8 Å². The number of hydrogen-bond acceptors (Lipinski definition) is 5. The molecule has 0 saturated heterocycles. The van der Waals surface area contributed by atoms with Crippen LogP contribution in [0.5, 0.6) is 0 Å². The summed E-state index contributed by atoms with van der Waals surface area (Å²) in [5, 5.41) is 0. The second-order valence-corrected chi connectivity index (χ2v) is 17.1. The van der Waals surface area contributed by atoms with Gasteiger partial charge >= 0.3 is 11.9 Å². The van der Waals surface area contributed by atoms with Crippen molar-refractivity contribution >= 4 is 23.7 Å². The number of esters is 2. The minimum absolute atomic E-state index is 0.0744. The second kappa shape index (κ2) is 42.0. The molecule has 0 saturated carbocycles. The summed E-state index contributed by atoms with van der Waals surface area (Å²) >= 11 is 1.67. The molecule has 4 nitrogen and oxygen atoms in total. The molecular formula is C46H90O4S. The first kappa shape index (κ1) is 50.3. The van der Waals surface area contributed by atoms with E-state index in [0.717, 1.165) is 0 Å². The zero-order chi connectivity index (χ0) is 37.3. The minimum atomic E-state index is -0.0812. The molecule has 0 aromatic rings. The van der Waals surface area contributed by atoms with Crippen molar-refractivity contribution < 1.29 is 19.1 Å². The number of thioether (sulfide) groups is 1. The highest BCUT2D eigenvalue weighted by molar-refractivity contribution is 7.99. The molecule has 0 bridgehead atoms. The molecule has 0 aliphatic rings. The van der Waals surface area contributed by atoms with Gasteiger partial charge < -0.3 is 9.47 Å². The lowest BCUT2D eigenvalue weighted by molar-refractivity contribution is -0.145. The van der Waals surface area contributed by atoms with Crippen molar-refractivity contribution in [3.8, 4) is 0 Å². The maximum absolute atomic E-state index is 12.6. The van der Waals surface area contributed by atoms with Crippen LogP contribution in [-0.2, 0) is 19.1 Å². The van der Waals surface area contributed by atoms with Gasteiger partial charge in [0.25, 0.3) is 0 Å². The lowest BCUT2D eigenvalue weighted by Gasteiger charge is -2.17. The molecule has 0 aromatic carbocycles. The van der Waals surface area contributed by atoms with Gasteiger partial charge in [-0.25, -0.2) is 0 Å². The van der Waals surface area contributed by atoms with E-state index >= 15 is 0 Å². The lowest BCUT2D eigenvalue weighted by atomic mass is 9.94. The zero-order valence-electron chi connectivity index (χ0n) is 35.1. The Morgan fingerprint density at radius 1 is 0.373 bits per heavy atom. The predicted octanol–water partition coefficient (Wildman–Crippen LogP) is 15.4. The van der Waals surface area contributed by atoms with Crippen molar-refractivity contribution in [2.75, 3.05) is 24.7 Å². The molecule has 0 aromatic heterocycles. The summed E-state index contributed by atoms with van der Waals surface area (Å²) in [7, 11) is 0. The summed E-state index contributed by atoms with van der Waals surface area (Å²) in [6.07, 6.45) is 42.9.